The third-order valence-electron chi connectivity index (χ3n) is 4.52. The lowest BCUT2D eigenvalue weighted by atomic mass is 9.74. The Morgan fingerprint density at radius 2 is 2.00 bits per heavy atom. The molecule has 1 heterocycles. The zero-order valence-electron chi connectivity index (χ0n) is 14.6. The van der Waals surface area contributed by atoms with Crippen molar-refractivity contribution in [1.29, 1.82) is 0 Å². The van der Waals surface area contributed by atoms with Gasteiger partial charge in [0.15, 0.2) is 0 Å². The third-order valence-corrected chi connectivity index (χ3v) is 4.88. The van der Waals surface area contributed by atoms with E-state index in [2.05, 4.69) is 0 Å². The summed E-state index contributed by atoms with van der Waals surface area (Å²) in [4.78, 5) is 13.9. The highest BCUT2D eigenvalue weighted by atomic mass is 35.5. The van der Waals surface area contributed by atoms with E-state index in [9.17, 15) is 9.18 Å². The first-order valence-electron chi connectivity index (χ1n) is 8.27. The van der Waals surface area contributed by atoms with Crippen LogP contribution in [-0.4, -0.2) is 36.2 Å². The van der Waals surface area contributed by atoms with E-state index in [-0.39, 0.29) is 17.3 Å². The number of benzene rings is 1. The second kappa shape index (κ2) is 7.28. The molecule has 1 aliphatic rings. The van der Waals surface area contributed by atoms with Gasteiger partial charge in [-0.3, -0.25) is 0 Å². The number of hydrogen-bond acceptors (Lipinski definition) is 3. The van der Waals surface area contributed by atoms with Gasteiger partial charge in [-0.1, -0.05) is 17.7 Å². The molecule has 1 fully saturated rings. The van der Waals surface area contributed by atoms with E-state index in [4.69, 9.17) is 22.1 Å². The molecule has 0 saturated carbocycles. The Labute approximate surface area is 148 Å². The number of hydrogen-bond donors (Lipinski definition) is 1. The van der Waals surface area contributed by atoms with Crippen LogP contribution in [0.2, 0.25) is 5.02 Å². The largest absolute Gasteiger partial charge is 0.444 e. The lowest BCUT2D eigenvalue weighted by Crippen LogP contribution is -2.48. The predicted molar refractivity (Wildman–Crippen MR) is 93.6 cm³/mol. The summed E-state index contributed by atoms with van der Waals surface area (Å²) >= 11 is 6.15. The zero-order valence-corrected chi connectivity index (χ0v) is 15.3. The summed E-state index contributed by atoms with van der Waals surface area (Å²) < 4.78 is 19.5. The first-order chi connectivity index (χ1) is 11.2. The van der Waals surface area contributed by atoms with Gasteiger partial charge in [-0.05, 0) is 64.1 Å². The van der Waals surface area contributed by atoms with Crippen LogP contribution in [0, 0.1) is 11.2 Å². The normalized spacial score (nSPS) is 17.7. The lowest BCUT2D eigenvalue weighted by Gasteiger charge is -2.41. The van der Waals surface area contributed by atoms with Crippen molar-refractivity contribution in [2.45, 2.75) is 45.6 Å². The smallest absolute Gasteiger partial charge is 0.410 e. The zero-order chi connectivity index (χ0) is 18.0. The van der Waals surface area contributed by atoms with Crippen molar-refractivity contribution in [2.75, 3.05) is 19.6 Å². The summed E-state index contributed by atoms with van der Waals surface area (Å²) in [5, 5.41) is 0.428. The number of ether oxygens (including phenoxy) is 1. The van der Waals surface area contributed by atoms with Crippen LogP contribution in [-0.2, 0) is 11.2 Å². The Morgan fingerprint density at radius 3 is 2.50 bits per heavy atom. The fraction of sp³-hybridized carbons (Fsp3) is 0.611. The maximum absolute atomic E-state index is 14.1. The van der Waals surface area contributed by atoms with Crippen LogP contribution in [0.5, 0.6) is 0 Å². The molecule has 0 bridgehead atoms. The minimum Gasteiger partial charge on any atom is -0.444 e. The van der Waals surface area contributed by atoms with Crippen LogP contribution in [0.25, 0.3) is 0 Å². The molecule has 0 unspecified atom stereocenters. The first kappa shape index (κ1) is 19.0. The number of nitrogens with zero attached hydrogens (tertiary/aromatic N) is 1. The van der Waals surface area contributed by atoms with Gasteiger partial charge in [0.1, 0.15) is 11.4 Å². The molecule has 0 spiro atoms. The number of amides is 1. The Balaban J connectivity index is 2.05. The van der Waals surface area contributed by atoms with Gasteiger partial charge in [-0.25, -0.2) is 9.18 Å². The maximum Gasteiger partial charge on any atom is 0.410 e. The number of likely N-dealkylation sites (tertiary alicyclic amines) is 1. The molecule has 1 amide bonds. The molecule has 24 heavy (non-hydrogen) atoms. The molecule has 2 rings (SSSR count). The van der Waals surface area contributed by atoms with Crippen molar-refractivity contribution in [3.05, 3.63) is 34.6 Å². The van der Waals surface area contributed by atoms with Crippen molar-refractivity contribution in [3.63, 3.8) is 0 Å². The number of rotatable bonds is 3. The molecule has 0 aromatic heterocycles. The predicted octanol–water partition coefficient (Wildman–Crippen LogP) is 4.00. The molecule has 0 radical (unpaired) electrons. The van der Waals surface area contributed by atoms with Gasteiger partial charge in [-0.15, -0.1) is 0 Å². The van der Waals surface area contributed by atoms with E-state index >= 15 is 0 Å². The quantitative estimate of drug-likeness (QED) is 0.890. The number of carbonyl (C=O) groups excluding carboxylic acids is 1. The molecular formula is C18H26ClFN2O2. The third kappa shape index (κ3) is 4.61. The van der Waals surface area contributed by atoms with Crippen LogP contribution in [0.4, 0.5) is 9.18 Å². The van der Waals surface area contributed by atoms with Crippen molar-refractivity contribution in [2.24, 2.45) is 11.1 Å². The summed E-state index contributed by atoms with van der Waals surface area (Å²) in [6, 6.07) is 4.71. The van der Waals surface area contributed by atoms with Crippen molar-refractivity contribution in [3.8, 4) is 0 Å². The summed E-state index contributed by atoms with van der Waals surface area (Å²) in [6.07, 6.45) is 1.58. The molecule has 0 atom stereocenters. The number of halogens is 2. The highest BCUT2D eigenvalue weighted by molar-refractivity contribution is 6.31. The molecular weight excluding hydrogens is 331 g/mol. The maximum atomic E-state index is 14.1. The van der Waals surface area contributed by atoms with Crippen LogP contribution < -0.4 is 5.73 Å². The fourth-order valence-corrected chi connectivity index (χ4v) is 3.25. The van der Waals surface area contributed by atoms with Gasteiger partial charge in [0.05, 0.1) is 0 Å². The van der Waals surface area contributed by atoms with E-state index in [1.807, 2.05) is 20.8 Å². The van der Waals surface area contributed by atoms with Crippen molar-refractivity contribution >= 4 is 17.7 Å². The Hall–Kier alpha value is -1.33. The fourth-order valence-electron chi connectivity index (χ4n) is 3.02. The number of nitrogens with two attached hydrogens (primary N) is 1. The van der Waals surface area contributed by atoms with Crippen molar-refractivity contribution < 1.29 is 13.9 Å². The molecule has 134 valence electrons. The SMILES string of the molecule is CC(C)(C)OC(=O)N1CCC(CN)(Cc2c(F)cccc2Cl)CC1. The van der Waals surface area contributed by atoms with Gasteiger partial charge in [0, 0.05) is 23.7 Å². The van der Waals surface area contributed by atoms with Crippen LogP contribution in [0.15, 0.2) is 18.2 Å². The van der Waals surface area contributed by atoms with Crippen LogP contribution in [0.3, 0.4) is 0 Å². The average molecular weight is 357 g/mol. The molecule has 4 nitrogen and oxygen atoms in total. The van der Waals surface area contributed by atoms with Gasteiger partial charge < -0.3 is 15.4 Å². The lowest BCUT2D eigenvalue weighted by molar-refractivity contribution is 0.0108. The monoisotopic (exact) mass is 356 g/mol. The Bertz CT molecular complexity index is 573. The minimum atomic E-state index is -0.514. The first-order valence-corrected chi connectivity index (χ1v) is 8.64. The summed E-state index contributed by atoms with van der Waals surface area (Å²) in [7, 11) is 0. The van der Waals surface area contributed by atoms with Gasteiger partial charge in [-0.2, -0.15) is 0 Å². The second-order valence-corrected chi connectivity index (χ2v) is 7.96. The van der Waals surface area contributed by atoms with E-state index < -0.39 is 5.60 Å². The van der Waals surface area contributed by atoms with Crippen LogP contribution >= 0.6 is 11.6 Å². The van der Waals surface area contributed by atoms with E-state index in [0.717, 1.165) is 0 Å². The summed E-state index contributed by atoms with van der Waals surface area (Å²) in [5.74, 6) is -0.301. The molecule has 1 aliphatic heterocycles. The molecule has 2 N–H and O–H groups in total. The highest BCUT2D eigenvalue weighted by Gasteiger charge is 2.37. The van der Waals surface area contributed by atoms with Gasteiger partial charge in [0.25, 0.3) is 0 Å². The Morgan fingerprint density at radius 1 is 1.38 bits per heavy atom. The molecule has 1 aromatic carbocycles. The topological polar surface area (TPSA) is 55.6 Å². The van der Waals surface area contributed by atoms with Gasteiger partial charge in [0.2, 0.25) is 0 Å². The van der Waals surface area contributed by atoms with Crippen molar-refractivity contribution in [1.82, 2.24) is 4.90 Å². The van der Waals surface area contributed by atoms with Gasteiger partial charge >= 0.3 is 6.09 Å². The number of piperidine rings is 1. The molecule has 1 saturated heterocycles. The molecule has 1 aromatic rings. The average Bonchev–Trinajstić information content (AvgIpc) is 2.50. The standard InChI is InChI=1S/C18H26ClFN2O2/c1-17(2,3)24-16(23)22-9-7-18(12-21,8-10-22)11-13-14(19)5-4-6-15(13)20/h4-6H,7-12,21H2,1-3H3. The number of carbonyl (C=O) groups is 1. The van der Waals surface area contributed by atoms with E-state index in [1.165, 1.54) is 6.07 Å². The minimum absolute atomic E-state index is 0.246. The van der Waals surface area contributed by atoms with E-state index in [1.54, 1.807) is 17.0 Å². The summed E-state index contributed by atoms with van der Waals surface area (Å²) in [5.41, 5.74) is 5.76. The second-order valence-electron chi connectivity index (χ2n) is 7.55. The van der Waals surface area contributed by atoms with E-state index in [0.29, 0.717) is 49.5 Å². The molecule has 6 heteroatoms. The summed E-state index contributed by atoms with van der Waals surface area (Å²) in [6.45, 7) is 7.08. The highest BCUT2D eigenvalue weighted by Crippen LogP contribution is 2.37. The van der Waals surface area contributed by atoms with Crippen LogP contribution in [0.1, 0.15) is 39.2 Å². The Kier molecular flexibility index (Phi) is 5.76. The molecule has 0 aliphatic carbocycles.